The fourth-order valence-electron chi connectivity index (χ4n) is 3.08. The Morgan fingerprint density at radius 2 is 2.12 bits per heavy atom. The number of hydrogen-bond acceptors (Lipinski definition) is 7. The summed E-state index contributed by atoms with van der Waals surface area (Å²) in [5.74, 6) is 1.69. The zero-order valence-corrected chi connectivity index (χ0v) is 14.2. The Morgan fingerprint density at radius 1 is 1.29 bits per heavy atom. The third kappa shape index (κ3) is 3.33. The van der Waals surface area contributed by atoms with E-state index < -0.39 is 0 Å². The number of nitrogens with zero attached hydrogens (tertiary/aromatic N) is 4. The van der Waals surface area contributed by atoms with Gasteiger partial charge in [-0.1, -0.05) is 10.3 Å². The second kappa shape index (κ2) is 7.12. The number of aryl methyl sites for hydroxylation is 2. The smallest absolute Gasteiger partial charge is 0.249 e. The van der Waals surface area contributed by atoms with Crippen molar-refractivity contribution in [3.05, 3.63) is 28.7 Å². The van der Waals surface area contributed by atoms with E-state index >= 15 is 0 Å². The first-order chi connectivity index (χ1) is 11.6. The van der Waals surface area contributed by atoms with E-state index in [2.05, 4.69) is 15.3 Å². The van der Waals surface area contributed by atoms with E-state index in [1.54, 1.807) is 7.11 Å². The molecule has 0 spiro atoms. The molecular weight excluding hydrogens is 312 g/mol. The van der Waals surface area contributed by atoms with Crippen LogP contribution < -0.4 is 0 Å². The van der Waals surface area contributed by atoms with E-state index in [4.69, 9.17) is 13.8 Å². The number of ether oxygens (including phenoxy) is 1. The summed E-state index contributed by atoms with van der Waals surface area (Å²) in [5.41, 5.74) is 1.62. The van der Waals surface area contributed by atoms with Crippen LogP contribution in [0, 0.1) is 13.8 Å². The number of rotatable bonds is 5. The molecule has 2 aromatic rings. The van der Waals surface area contributed by atoms with Gasteiger partial charge in [-0.2, -0.15) is 4.98 Å². The lowest BCUT2D eigenvalue weighted by molar-refractivity contribution is -0.135. The maximum absolute atomic E-state index is 12.8. The number of piperidine rings is 1. The molecule has 1 aliphatic heterocycles. The Labute approximate surface area is 140 Å². The molecule has 0 radical (unpaired) electrons. The molecule has 1 atom stereocenters. The summed E-state index contributed by atoms with van der Waals surface area (Å²) >= 11 is 0. The largest absolute Gasteiger partial charge is 0.377 e. The first-order valence-corrected chi connectivity index (χ1v) is 8.12. The van der Waals surface area contributed by atoms with Gasteiger partial charge in [0.1, 0.15) is 18.4 Å². The maximum Gasteiger partial charge on any atom is 0.249 e. The normalized spacial score (nSPS) is 18.1. The number of amides is 1. The average molecular weight is 334 g/mol. The molecule has 0 bridgehead atoms. The number of methoxy groups -OCH3 is 1. The summed E-state index contributed by atoms with van der Waals surface area (Å²) < 4.78 is 15.5. The molecule has 0 saturated carbocycles. The van der Waals surface area contributed by atoms with Crippen LogP contribution in [0.2, 0.25) is 0 Å². The van der Waals surface area contributed by atoms with Crippen molar-refractivity contribution in [2.45, 2.75) is 52.2 Å². The van der Waals surface area contributed by atoms with E-state index in [0.717, 1.165) is 30.5 Å². The first-order valence-electron chi connectivity index (χ1n) is 8.12. The zero-order valence-electron chi connectivity index (χ0n) is 14.2. The van der Waals surface area contributed by atoms with Crippen LogP contribution in [0.15, 0.2) is 9.05 Å². The number of aromatic nitrogens is 3. The molecule has 0 aromatic carbocycles. The molecule has 0 N–H and O–H groups in total. The first kappa shape index (κ1) is 16.6. The van der Waals surface area contributed by atoms with Gasteiger partial charge < -0.3 is 18.7 Å². The molecular formula is C16H22N4O4. The van der Waals surface area contributed by atoms with E-state index in [-0.39, 0.29) is 18.4 Å². The second-order valence-corrected chi connectivity index (χ2v) is 6.06. The Bertz CT molecular complexity index is 689. The predicted molar refractivity (Wildman–Crippen MR) is 83.0 cm³/mol. The third-order valence-electron chi connectivity index (χ3n) is 4.37. The van der Waals surface area contributed by atoms with Crippen LogP contribution in [-0.4, -0.2) is 39.8 Å². The lowest BCUT2D eigenvalue weighted by atomic mass is 10.0. The summed E-state index contributed by atoms with van der Waals surface area (Å²) in [6.07, 6.45) is 3.10. The Balaban J connectivity index is 1.77. The van der Waals surface area contributed by atoms with Crippen molar-refractivity contribution in [3.8, 4) is 0 Å². The molecule has 1 unspecified atom stereocenters. The van der Waals surface area contributed by atoms with Crippen LogP contribution in [0.4, 0.5) is 0 Å². The lowest BCUT2D eigenvalue weighted by Crippen LogP contribution is -2.39. The molecule has 1 amide bonds. The SMILES string of the molecule is COCc1noc(C2CCCCN2C(=O)Cc2c(C)noc2C)n1. The van der Waals surface area contributed by atoms with Gasteiger partial charge in [-0.3, -0.25) is 4.79 Å². The van der Waals surface area contributed by atoms with Gasteiger partial charge >= 0.3 is 0 Å². The number of carbonyl (C=O) groups is 1. The molecule has 1 saturated heterocycles. The van der Waals surface area contributed by atoms with Gasteiger partial charge in [0, 0.05) is 19.2 Å². The highest BCUT2D eigenvalue weighted by Gasteiger charge is 2.32. The van der Waals surface area contributed by atoms with Gasteiger partial charge in [0.2, 0.25) is 11.8 Å². The molecule has 1 fully saturated rings. The van der Waals surface area contributed by atoms with Crippen molar-refractivity contribution in [3.63, 3.8) is 0 Å². The van der Waals surface area contributed by atoms with Crippen LogP contribution in [0.5, 0.6) is 0 Å². The minimum atomic E-state index is -0.176. The van der Waals surface area contributed by atoms with E-state index in [9.17, 15) is 4.79 Å². The highest BCUT2D eigenvalue weighted by molar-refractivity contribution is 5.79. The topological polar surface area (TPSA) is 94.5 Å². The van der Waals surface area contributed by atoms with E-state index in [1.807, 2.05) is 18.7 Å². The van der Waals surface area contributed by atoms with Gasteiger partial charge in [0.15, 0.2) is 5.82 Å². The standard InChI is InChI=1S/C16H22N4O4/c1-10-12(11(2)23-18-10)8-15(21)20-7-5-4-6-13(20)16-17-14(9-22-3)19-24-16/h13H,4-9H2,1-3H3. The minimum Gasteiger partial charge on any atom is -0.377 e. The van der Waals surface area contributed by atoms with Crippen LogP contribution in [0.25, 0.3) is 0 Å². The van der Waals surface area contributed by atoms with Crippen LogP contribution >= 0.6 is 0 Å². The van der Waals surface area contributed by atoms with Crippen LogP contribution in [-0.2, 0) is 22.6 Å². The Kier molecular flexibility index (Phi) is 4.94. The highest BCUT2D eigenvalue weighted by Crippen LogP contribution is 2.31. The number of likely N-dealkylation sites (tertiary alicyclic amines) is 1. The molecule has 3 rings (SSSR count). The van der Waals surface area contributed by atoms with Crippen LogP contribution in [0.1, 0.15) is 54.0 Å². The van der Waals surface area contributed by atoms with Gasteiger partial charge in [-0.25, -0.2) is 0 Å². The fourth-order valence-corrected chi connectivity index (χ4v) is 3.08. The van der Waals surface area contributed by atoms with Gasteiger partial charge in [0.25, 0.3) is 0 Å². The van der Waals surface area contributed by atoms with Crippen molar-refractivity contribution < 1.29 is 18.6 Å². The maximum atomic E-state index is 12.8. The highest BCUT2D eigenvalue weighted by atomic mass is 16.5. The van der Waals surface area contributed by atoms with Crippen molar-refractivity contribution in [2.75, 3.05) is 13.7 Å². The van der Waals surface area contributed by atoms with Gasteiger partial charge in [0.05, 0.1) is 12.1 Å². The number of carbonyl (C=O) groups excluding carboxylic acids is 1. The van der Waals surface area contributed by atoms with Crippen LogP contribution in [0.3, 0.4) is 0 Å². The van der Waals surface area contributed by atoms with Crippen molar-refractivity contribution in [1.29, 1.82) is 0 Å². The molecule has 3 heterocycles. The fraction of sp³-hybridized carbons (Fsp3) is 0.625. The lowest BCUT2D eigenvalue weighted by Gasteiger charge is -2.33. The second-order valence-electron chi connectivity index (χ2n) is 6.06. The number of hydrogen-bond donors (Lipinski definition) is 0. The summed E-state index contributed by atoms with van der Waals surface area (Å²) in [5, 5.41) is 7.82. The molecule has 2 aromatic heterocycles. The monoisotopic (exact) mass is 334 g/mol. The third-order valence-corrected chi connectivity index (χ3v) is 4.37. The summed E-state index contributed by atoms with van der Waals surface area (Å²) in [7, 11) is 1.58. The zero-order chi connectivity index (χ0) is 17.1. The van der Waals surface area contributed by atoms with E-state index in [1.165, 1.54) is 0 Å². The molecule has 130 valence electrons. The van der Waals surface area contributed by atoms with Crippen molar-refractivity contribution in [2.24, 2.45) is 0 Å². The Morgan fingerprint density at radius 3 is 2.83 bits per heavy atom. The van der Waals surface area contributed by atoms with Crippen molar-refractivity contribution in [1.82, 2.24) is 20.2 Å². The van der Waals surface area contributed by atoms with E-state index in [0.29, 0.717) is 30.6 Å². The molecule has 0 aliphatic carbocycles. The summed E-state index contributed by atoms with van der Waals surface area (Å²) in [6.45, 7) is 4.66. The predicted octanol–water partition coefficient (Wildman–Crippen LogP) is 2.12. The summed E-state index contributed by atoms with van der Waals surface area (Å²) in [6, 6.07) is -0.176. The summed E-state index contributed by atoms with van der Waals surface area (Å²) in [4.78, 5) is 19.0. The quantitative estimate of drug-likeness (QED) is 0.826. The molecule has 1 aliphatic rings. The molecule has 8 nitrogen and oxygen atoms in total. The van der Waals surface area contributed by atoms with Gasteiger partial charge in [-0.15, -0.1) is 0 Å². The Hall–Kier alpha value is -2.22. The van der Waals surface area contributed by atoms with Crippen molar-refractivity contribution >= 4 is 5.91 Å². The molecule has 8 heteroatoms. The minimum absolute atomic E-state index is 0.0283. The van der Waals surface area contributed by atoms with Gasteiger partial charge in [-0.05, 0) is 33.1 Å². The average Bonchev–Trinajstić information content (AvgIpc) is 3.17. The molecule has 24 heavy (non-hydrogen) atoms.